The lowest BCUT2D eigenvalue weighted by molar-refractivity contribution is 0.0785. The van der Waals surface area contributed by atoms with Crippen LogP contribution in [0.1, 0.15) is 28.4 Å². The molecule has 1 aromatic heterocycles. The highest BCUT2D eigenvalue weighted by Crippen LogP contribution is 2.27. The van der Waals surface area contributed by atoms with Crippen LogP contribution in [0.4, 0.5) is 5.69 Å². The molecule has 0 radical (unpaired) electrons. The van der Waals surface area contributed by atoms with E-state index in [0.717, 1.165) is 19.5 Å². The normalized spacial score (nSPS) is 17.8. The minimum absolute atomic E-state index is 0.0167. The van der Waals surface area contributed by atoms with Crippen molar-refractivity contribution in [1.82, 2.24) is 9.88 Å². The number of carbonyl (C=O) groups excluding carboxylic acids is 1. The molecule has 1 atom stereocenters. The number of amides is 1. The molecule has 0 saturated carbocycles. The van der Waals surface area contributed by atoms with Gasteiger partial charge >= 0.3 is 0 Å². The van der Waals surface area contributed by atoms with Crippen molar-refractivity contribution in [1.29, 1.82) is 0 Å². The average Bonchev–Trinajstić information content (AvgIpc) is 3.05. The first-order valence-corrected chi connectivity index (χ1v) is 7.05. The third-order valence-corrected chi connectivity index (χ3v) is 3.90. The summed E-state index contributed by atoms with van der Waals surface area (Å²) in [6, 6.07) is 13.8. The third-order valence-electron chi connectivity index (χ3n) is 3.90. The number of hydrazine groups is 1. The van der Waals surface area contributed by atoms with Gasteiger partial charge in [0.2, 0.25) is 0 Å². The van der Waals surface area contributed by atoms with Crippen molar-refractivity contribution in [3.8, 4) is 0 Å². The molecule has 108 valence electrons. The summed E-state index contributed by atoms with van der Waals surface area (Å²) in [5, 5.41) is 0. The van der Waals surface area contributed by atoms with E-state index in [2.05, 4.69) is 22.5 Å². The Labute approximate surface area is 123 Å². The number of nitrogens with zero attached hydrogens (tertiary/aromatic N) is 2. The van der Waals surface area contributed by atoms with Crippen LogP contribution in [0.5, 0.6) is 0 Å². The predicted molar refractivity (Wildman–Crippen MR) is 81.8 cm³/mol. The molecule has 3 N–H and O–H groups in total. The van der Waals surface area contributed by atoms with Gasteiger partial charge in [-0.1, -0.05) is 30.3 Å². The van der Waals surface area contributed by atoms with Crippen LogP contribution in [0.25, 0.3) is 0 Å². The van der Waals surface area contributed by atoms with Crippen LogP contribution in [0.3, 0.4) is 0 Å². The van der Waals surface area contributed by atoms with Gasteiger partial charge in [0, 0.05) is 19.0 Å². The monoisotopic (exact) mass is 282 g/mol. The maximum Gasteiger partial charge on any atom is 0.272 e. The number of aromatic nitrogens is 1. The van der Waals surface area contributed by atoms with Crippen molar-refractivity contribution in [3.63, 3.8) is 0 Å². The van der Waals surface area contributed by atoms with Gasteiger partial charge in [-0.05, 0) is 24.1 Å². The molecule has 3 rings (SSSR count). The maximum absolute atomic E-state index is 12.4. The van der Waals surface area contributed by atoms with Crippen LogP contribution >= 0.6 is 0 Å². The topological polar surface area (TPSA) is 71.2 Å². The van der Waals surface area contributed by atoms with Gasteiger partial charge in [0.25, 0.3) is 5.91 Å². The second-order valence-corrected chi connectivity index (χ2v) is 5.22. The smallest absolute Gasteiger partial charge is 0.272 e. The Kier molecular flexibility index (Phi) is 3.83. The number of anilines is 1. The van der Waals surface area contributed by atoms with Gasteiger partial charge in [0.15, 0.2) is 0 Å². The molecule has 1 aromatic carbocycles. The van der Waals surface area contributed by atoms with Crippen molar-refractivity contribution in [3.05, 3.63) is 59.9 Å². The molecule has 1 unspecified atom stereocenters. The molecule has 5 heteroatoms. The summed E-state index contributed by atoms with van der Waals surface area (Å²) in [6.07, 6.45) is 2.57. The van der Waals surface area contributed by atoms with E-state index in [-0.39, 0.29) is 5.91 Å². The highest BCUT2D eigenvalue weighted by molar-refractivity contribution is 5.92. The number of rotatable bonds is 3. The fourth-order valence-electron chi connectivity index (χ4n) is 2.71. The summed E-state index contributed by atoms with van der Waals surface area (Å²) in [5.74, 6) is 5.70. The van der Waals surface area contributed by atoms with Gasteiger partial charge in [-0.3, -0.25) is 10.6 Å². The summed E-state index contributed by atoms with van der Waals surface area (Å²) in [5.41, 5.74) is 4.95. The Morgan fingerprint density at radius 1 is 1.24 bits per heavy atom. The maximum atomic E-state index is 12.4. The second-order valence-electron chi connectivity index (χ2n) is 5.22. The van der Waals surface area contributed by atoms with Crippen LogP contribution in [0, 0.1) is 0 Å². The number of likely N-dealkylation sites (tertiary alicyclic amines) is 1. The summed E-state index contributed by atoms with van der Waals surface area (Å²) >= 11 is 0. The minimum atomic E-state index is -0.0167. The van der Waals surface area contributed by atoms with E-state index in [1.54, 1.807) is 18.3 Å². The van der Waals surface area contributed by atoms with Crippen molar-refractivity contribution >= 4 is 11.6 Å². The van der Waals surface area contributed by atoms with E-state index in [1.165, 1.54) is 5.56 Å². The second kappa shape index (κ2) is 5.93. The number of pyridine rings is 1. The van der Waals surface area contributed by atoms with E-state index in [0.29, 0.717) is 17.3 Å². The van der Waals surface area contributed by atoms with E-state index in [9.17, 15) is 4.79 Å². The molecule has 5 nitrogen and oxygen atoms in total. The quantitative estimate of drug-likeness (QED) is 0.667. The lowest BCUT2D eigenvalue weighted by Gasteiger charge is -2.16. The predicted octanol–water partition coefficient (Wildman–Crippen LogP) is 2.00. The molecule has 2 heterocycles. The van der Waals surface area contributed by atoms with Crippen LogP contribution in [-0.4, -0.2) is 28.9 Å². The van der Waals surface area contributed by atoms with E-state index < -0.39 is 0 Å². The van der Waals surface area contributed by atoms with Crippen molar-refractivity contribution in [2.75, 3.05) is 18.5 Å². The van der Waals surface area contributed by atoms with Gasteiger partial charge in [-0.15, -0.1) is 0 Å². The molecule has 1 saturated heterocycles. The Balaban J connectivity index is 1.69. The Hall–Kier alpha value is -2.40. The summed E-state index contributed by atoms with van der Waals surface area (Å²) in [6.45, 7) is 1.53. The lowest BCUT2D eigenvalue weighted by Crippen LogP contribution is -2.29. The third kappa shape index (κ3) is 2.87. The molecule has 0 bridgehead atoms. The number of nitrogen functional groups attached to an aromatic ring is 1. The van der Waals surface area contributed by atoms with Gasteiger partial charge < -0.3 is 10.3 Å². The van der Waals surface area contributed by atoms with Crippen molar-refractivity contribution in [2.24, 2.45) is 5.84 Å². The van der Waals surface area contributed by atoms with Crippen molar-refractivity contribution in [2.45, 2.75) is 12.3 Å². The zero-order valence-electron chi connectivity index (χ0n) is 11.7. The first-order chi connectivity index (χ1) is 10.3. The van der Waals surface area contributed by atoms with Crippen LogP contribution < -0.4 is 11.3 Å². The Bertz CT molecular complexity index is 612. The molecule has 1 aliphatic heterocycles. The van der Waals surface area contributed by atoms with E-state index in [1.807, 2.05) is 23.1 Å². The average molecular weight is 282 g/mol. The minimum Gasteiger partial charge on any atom is -0.337 e. The molecule has 1 aliphatic rings. The largest absolute Gasteiger partial charge is 0.337 e. The van der Waals surface area contributed by atoms with Crippen molar-refractivity contribution < 1.29 is 4.79 Å². The number of hydrogen-bond donors (Lipinski definition) is 2. The number of carbonyl (C=O) groups is 1. The van der Waals surface area contributed by atoms with Gasteiger partial charge in [-0.2, -0.15) is 0 Å². The molecule has 1 amide bonds. The van der Waals surface area contributed by atoms with Crippen LogP contribution in [-0.2, 0) is 0 Å². The fraction of sp³-hybridized carbons (Fsp3) is 0.250. The molecule has 1 fully saturated rings. The lowest BCUT2D eigenvalue weighted by atomic mass is 9.99. The van der Waals surface area contributed by atoms with E-state index >= 15 is 0 Å². The van der Waals surface area contributed by atoms with Crippen LogP contribution in [0.15, 0.2) is 48.7 Å². The van der Waals surface area contributed by atoms with E-state index in [4.69, 9.17) is 5.84 Å². The number of nitrogens with two attached hydrogens (primary N) is 1. The first-order valence-electron chi connectivity index (χ1n) is 7.05. The Morgan fingerprint density at radius 2 is 2.05 bits per heavy atom. The first kappa shape index (κ1) is 13.6. The number of nitrogens with one attached hydrogen (secondary N) is 1. The SMILES string of the molecule is NNc1ccc(C(=O)N2CCC(c3ccccc3)C2)nc1. The molecule has 0 aliphatic carbocycles. The van der Waals surface area contributed by atoms with Crippen LogP contribution in [0.2, 0.25) is 0 Å². The number of hydrogen-bond acceptors (Lipinski definition) is 4. The highest BCUT2D eigenvalue weighted by Gasteiger charge is 2.28. The van der Waals surface area contributed by atoms with Gasteiger partial charge in [0.05, 0.1) is 11.9 Å². The molecule has 0 spiro atoms. The zero-order chi connectivity index (χ0) is 14.7. The van der Waals surface area contributed by atoms with Gasteiger partial charge in [0.1, 0.15) is 5.69 Å². The fourth-order valence-corrected chi connectivity index (χ4v) is 2.71. The molecular formula is C16H18N4O. The zero-order valence-corrected chi connectivity index (χ0v) is 11.7. The number of benzene rings is 1. The molecule has 2 aromatic rings. The summed E-state index contributed by atoms with van der Waals surface area (Å²) < 4.78 is 0. The highest BCUT2D eigenvalue weighted by atomic mass is 16.2. The Morgan fingerprint density at radius 3 is 2.71 bits per heavy atom. The molecular weight excluding hydrogens is 264 g/mol. The summed E-state index contributed by atoms with van der Waals surface area (Å²) in [7, 11) is 0. The standard InChI is InChI=1S/C16H18N4O/c17-19-14-6-7-15(18-10-14)16(21)20-9-8-13(11-20)12-4-2-1-3-5-12/h1-7,10,13,19H,8-9,11,17H2. The summed E-state index contributed by atoms with van der Waals surface area (Å²) in [4.78, 5) is 18.5. The van der Waals surface area contributed by atoms with Gasteiger partial charge in [-0.25, -0.2) is 4.98 Å². The molecule has 21 heavy (non-hydrogen) atoms.